The first-order valence-electron chi connectivity index (χ1n) is 5.33. The van der Waals surface area contributed by atoms with E-state index in [0.29, 0.717) is 5.92 Å². The minimum atomic E-state index is -0.389. The number of esters is 1. The molecule has 0 aliphatic carbocycles. The first kappa shape index (κ1) is 11.5. The minimum Gasteiger partial charge on any atom is -0.462 e. The van der Waals surface area contributed by atoms with Crippen LogP contribution in [0.3, 0.4) is 0 Å². The van der Waals surface area contributed by atoms with E-state index in [-0.39, 0.29) is 17.5 Å². The molecule has 1 saturated heterocycles. The first-order chi connectivity index (χ1) is 6.41. The summed E-state index contributed by atoms with van der Waals surface area (Å²) in [5, 5.41) is 3.27. The lowest BCUT2D eigenvalue weighted by Gasteiger charge is -2.24. The van der Waals surface area contributed by atoms with E-state index < -0.39 is 0 Å². The lowest BCUT2D eigenvalue weighted by Crippen LogP contribution is -2.31. The van der Waals surface area contributed by atoms with Crippen LogP contribution in [0.25, 0.3) is 0 Å². The Labute approximate surface area is 86.2 Å². The first-order valence-corrected chi connectivity index (χ1v) is 5.33. The predicted octanol–water partition coefficient (Wildman–Crippen LogP) is 1.57. The fourth-order valence-corrected chi connectivity index (χ4v) is 1.52. The number of carbonyl (C=O) groups is 1. The normalized spacial score (nSPS) is 24.7. The van der Waals surface area contributed by atoms with Crippen molar-refractivity contribution in [2.24, 2.45) is 11.3 Å². The monoisotopic (exact) mass is 199 g/mol. The zero-order chi connectivity index (χ0) is 10.8. The minimum absolute atomic E-state index is 0.0386. The number of ether oxygens (including phenoxy) is 1. The van der Waals surface area contributed by atoms with Gasteiger partial charge in [-0.05, 0) is 40.7 Å². The molecule has 3 nitrogen and oxygen atoms in total. The Morgan fingerprint density at radius 3 is 2.57 bits per heavy atom. The smallest absolute Gasteiger partial charge is 0.311 e. The summed E-state index contributed by atoms with van der Waals surface area (Å²) in [5.74, 6) is 0.387. The molecule has 1 aliphatic rings. The molecule has 1 rings (SSSR count). The second kappa shape index (κ2) is 4.30. The van der Waals surface area contributed by atoms with Crippen LogP contribution in [0.4, 0.5) is 0 Å². The molecule has 0 radical (unpaired) electrons. The van der Waals surface area contributed by atoms with Gasteiger partial charge in [-0.3, -0.25) is 4.79 Å². The molecule has 0 saturated carbocycles. The predicted molar refractivity (Wildman–Crippen MR) is 56.0 cm³/mol. The van der Waals surface area contributed by atoms with E-state index in [1.807, 2.05) is 27.7 Å². The van der Waals surface area contributed by atoms with E-state index in [4.69, 9.17) is 4.74 Å². The molecule has 0 aromatic rings. The van der Waals surface area contributed by atoms with Gasteiger partial charge in [-0.2, -0.15) is 0 Å². The van der Waals surface area contributed by atoms with Gasteiger partial charge in [-0.25, -0.2) is 0 Å². The van der Waals surface area contributed by atoms with Crippen LogP contribution in [0, 0.1) is 11.3 Å². The Morgan fingerprint density at radius 1 is 1.50 bits per heavy atom. The van der Waals surface area contributed by atoms with Crippen molar-refractivity contribution in [3.8, 4) is 0 Å². The molecule has 0 aromatic carbocycles. The zero-order valence-electron chi connectivity index (χ0n) is 9.59. The molecular weight excluding hydrogens is 178 g/mol. The van der Waals surface area contributed by atoms with Gasteiger partial charge in [0.25, 0.3) is 0 Å². The van der Waals surface area contributed by atoms with Gasteiger partial charge in [0, 0.05) is 12.5 Å². The fraction of sp³-hybridized carbons (Fsp3) is 0.909. The molecule has 0 spiro atoms. The average Bonchev–Trinajstić information content (AvgIpc) is 2.53. The molecule has 0 bridgehead atoms. The van der Waals surface area contributed by atoms with Crippen LogP contribution < -0.4 is 5.32 Å². The van der Waals surface area contributed by atoms with Crippen LogP contribution in [0.2, 0.25) is 0 Å². The summed E-state index contributed by atoms with van der Waals surface area (Å²) < 4.78 is 5.42. The van der Waals surface area contributed by atoms with Gasteiger partial charge in [-0.15, -0.1) is 0 Å². The molecule has 1 aliphatic heterocycles. The van der Waals surface area contributed by atoms with Crippen molar-refractivity contribution in [1.29, 1.82) is 0 Å². The maximum absolute atomic E-state index is 11.6. The van der Waals surface area contributed by atoms with Gasteiger partial charge in [0.2, 0.25) is 0 Å². The van der Waals surface area contributed by atoms with Crippen molar-refractivity contribution < 1.29 is 9.53 Å². The van der Waals surface area contributed by atoms with E-state index in [0.717, 1.165) is 19.5 Å². The average molecular weight is 199 g/mol. The van der Waals surface area contributed by atoms with Crippen molar-refractivity contribution in [2.45, 2.75) is 40.2 Å². The Morgan fingerprint density at radius 2 is 2.14 bits per heavy atom. The summed E-state index contributed by atoms with van der Waals surface area (Å²) in [5.41, 5.74) is -0.389. The molecule has 14 heavy (non-hydrogen) atoms. The summed E-state index contributed by atoms with van der Waals surface area (Å²) in [6.45, 7) is 9.65. The van der Waals surface area contributed by atoms with Crippen LogP contribution in [-0.2, 0) is 9.53 Å². The highest BCUT2D eigenvalue weighted by atomic mass is 16.5. The highest BCUT2D eigenvalue weighted by molar-refractivity contribution is 5.75. The molecule has 1 fully saturated rings. The molecule has 1 N–H and O–H groups in total. The largest absolute Gasteiger partial charge is 0.462 e. The van der Waals surface area contributed by atoms with Gasteiger partial charge in [-0.1, -0.05) is 0 Å². The summed E-state index contributed by atoms with van der Waals surface area (Å²) in [7, 11) is 0. The second-order valence-electron chi connectivity index (χ2n) is 5.11. The summed E-state index contributed by atoms with van der Waals surface area (Å²) in [6.07, 6.45) is 1.15. The lowest BCUT2D eigenvalue weighted by atomic mass is 9.96. The van der Waals surface area contributed by atoms with Gasteiger partial charge in [0.05, 0.1) is 5.41 Å². The standard InChI is InChI=1S/C11H21NO2/c1-8(9-5-6-12-7-9)14-10(13)11(2,3)4/h8-9,12H,5-7H2,1-4H3. The van der Waals surface area contributed by atoms with E-state index in [9.17, 15) is 4.79 Å². The Balaban J connectivity index is 2.39. The molecular formula is C11H21NO2. The third-order valence-electron chi connectivity index (χ3n) is 2.67. The van der Waals surface area contributed by atoms with Crippen molar-refractivity contribution in [3.05, 3.63) is 0 Å². The van der Waals surface area contributed by atoms with Gasteiger partial charge < -0.3 is 10.1 Å². The Bertz CT molecular complexity index is 202. The van der Waals surface area contributed by atoms with Crippen LogP contribution in [0.1, 0.15) is 34.1 Å². The van der Waals surface area contributed by atoms with Crippen molar-refractivity contribution in [3.63, 3.8) is 0 Å². The van der Waals surface area contributed by atoms with Gasteiger partial charge in [0.1, 0.15) is 6.10 Å². The van der Waals surface area contributed by atoms with Gasteiger partial charge >= 0.3 is 5.97 Å². The number of hydrogen-bond acceptors (Lipinski definition) is 3. The van der Waals surface area contributed by atoms with Crippen LogP contribution in [-0.4, -0.2) is 25.2 Å². The molecule has 2 atom stereocenters. The van der Waals surface area contributed by atoms with E-state index in [1.54, 1.807) is 0 Å². The van der Waals surface area contributed by atoms with E-state index in [2.05, 4.69) is 5.32 Å². The van der Waals surface area contributed by atoms with Crippen LogP contribution >= 0.6 is 0 Å². The van der Waals surface area contributed by atoms with Crippen LogP contribution in [0.15, 0.2) is 0 Å². The molecule has 1 heterocycles. The molecule has 3 heteroatoms. The Hall–Kier alpha value is -0.570. The topological polar surface area (TPSA) is 38.3 Å². The number of carbonyl (C=O) groups excluding carboxylic acids is 1. The van der Waals surface area contributed by atoms with Crippen LogP contribution in [0.5, 0.6) is 0 Å². The SMILES string of the molecule is CC(OC(=O)C(C)(C)C)C1CCNC1. The number of hydrogen-bond donors (Lipinski definition) is 1. The highest BCUT2D eigenvalue weighted by Gasteiger charge is 2.29. The zero-order valence-corrected chi connectivity index (χ0v) is 9.59. The fourth-order valence-electron chi connectivity index (χ4n) is 1.52. The molecule has 0 amide bonds. The number of nitrogens with one attached hydrogen (secondary N) is 1. The quantitative estimate of drug-likeness (QED) is 0.686. The Kier molecular flexibility index (Phi) is 3.53. The molecule has 2 unspecified atom stereocenters. The maximum Gasteiger partial charge on any atom is 0.311 e. The summed E-state index contributed by atoms with van der Waals surface area (Å²) >= 11 is 0. The van der Waals surface area contributed by atoms with Gasteiger partial charge in [0.15, 0.2) is 0 Å². The lowest BCUT2D eigenvalue weighted by molar-refractivity contribution is -0.160. The maximum atomic E-state index is 11.6. The van der Waals surface area contributed by atoms with E-state index >= 15 is 0 Å². The molecule has 0 aromatic heterocycles. The second-order valence-corrected chi connectivity index (χ2v) is 5.11. The van der Waals surface area contributed by atoms with Crippen molar-refractivity contribution in [1.82, 2.24) is 5.32 Å². The highest BCUT2D eigenvalue weighted by Crippen LogP contribution is 2.21. The third kappa shape index (κ3) is 2.98. The third-order valence-corrected chi connectivity index (χ3v) is 2.67. The van der Waals surface area contributed by atoms with Crippen molar-refractivity contribution >= 4 is 5.97 Å². The summed E-state index contributed by atoms with van der Waals surface area (Å²) in [6, 6.07) is 0. The summed E-state index contributed by atoms with van der Waals surface area (Å²) in [4.78, 5) is 11.6. The van der Waals surface area contributed by atoms with E-state index in [1.165, 1.54) is 0 Å². The molecule has 82 valence electrons. The van der Waals surface area contributed by atoms with Crippen molar-refractivity contribution in [2.75, 3.05) is 13.1 Å². The number of rotatable bonds is 2.